The molecule has 12 nitrogen and oxygen atoms in total. The molecule has 5 amide bonds. The largest absolute Gasteiger partial charge is 0.460 e. The molecule has 1 aliphatic heterocycles. The van der Waals surface area contributed by atoms with Gasteiger partial charge >= 0.3 is 5.97 Å². The number of nitrogens with one attached hydrogen (secondary N) is 5. The molecule has 1 fully saturated rings. The van der Waals surface area contributed by atoms with Crippen LogP contribution in [-0.4, -0.2) is 72.3 Å². The summed E-state index contributed by atoms with van der Waals surface area (Å²) in [5, 5.41) is 12.9. The van der Waals surface area contributed by atoms with E-state index in [1.54, 1.807) is 13.8 Å². The van der Waals surface area contributed by atoms with E-state index in [2.05, 4.69) is 26.6 Å². The zero-order valence-electron chi connectivity index (χ0n) is 23.6. The van der Waals surface area contributed by atoms with E-state index in [4.69, 9.17) is 4.74 Å². The van der Waals surface area contributed by atoms with E-state index in [-0.39, 0.29) is 24.8 Å². The van der Waals surface area contributed by atoms with Crippen LogP contribution in [0.3, 0.4) is 0 Å². The van der Waals surface area contributed by atoms with Crippen LogP contribution in [0.15, 0.2) is 0 Å². The first-order valence-corrected chi connectivity index (χ1v) is 13.4. The zero-order valence-corrected chi connectivity index (χ0v) is 23.6. The first kappa shape index (κ1) is 32.8. The molecule has 0 aromatic carbocycles. The summed E-state index contributed by atoms with van der Waals surface area (Å²) in [6.45, 7) is 11.8. The Morgan fingerprint density at radius 3 is 2.03 bits per heavy atom. The van der Waals surface area contributed by atoms with Crippen molar-refractivity contribution in [1.82, 2.24) is 26.6 Å². The number of cyclic esters (lactones) is 1. The highest BCUT2D eigenvalue weighted by Crippen LogP contribution is 2.12. The first-order chi connectivity index (χ1) is 17.7. The van der Waals surface area contributed by atoms with Gasteiger partial charge in [-0.05, 0) is 38.5 Å². The molecule has 0 aromatic heterocycles. The predicted octanol–water partition coefficient (Wildman–Crippen LogP) is 0.289. The Labute approximate surface area is 225 Å². The summed E-state index contributed by atoms with van der Waals surface area (Å²) in [7, 11) is 0. The predicted molar refractivity (Wildman–Crippen MR) is 140 cm³/mol. The normalized spacial score (nSPS) is 27.2. The number of amides is 5. The van der Waals surface area contributed by atoms with Crippen LogP contribution in [0.25, 0.3) is 0 Å². The number of unbranched alkanes of at least 4 members (excludes halogenated alkanes) is 1. The highest BCUT2D eigenvalue weighted by atomic mass is 16.5. The van der Waals surface area contributed by atoms with Crippen molar-refractivity contribution in [3.8, 4) is 0 Å². The molecule has 5 atom stereocenters. The summed E-state index contributed by atoms with van der Waals surface area (Å²) in [5.74, 6) is -3.78. The van der Waals surface area contributed by atoms with Crippen LogP contribution in [0.5, 0.6) is 0 Å². The Hall–Kier alpha value is -3.18. The Kier molecular flexibility index (Phi) is 13.8. The van der Waals surface area contributed by atoms with Crippen molar-refractivity contribution in [1.29, 1.82) is 0 Å². The molecule has 38 heavy (non-hydrogen) atoms. The number of esters is 1. The fourth-order valence-corrected chi connectivity index (χ4v) is 3.86. The second kappa shape index (κ2) is 15.9. The lowest BCUT2D eigenvalue weighted by Gasteiger charge is -2.27. The molecule has 0 aliphatic carbocycles. The Bertz CT molecular complexity index is 861. The molecular formula is C26H45N5O7. The van der Waals surface area contributed by atoms with Crippen molar-refractivity contribution in [2.75, 3.05) is 6.54 Å². The molecule has 1 rings (SSSR count). The summed E-state index contributed by atoms with van der Waals surface area (Å²) in [4.78, 5) is 76.5. The number of rotatable bonds is 6. The van der Waals surface area contributed by atoms with Gasteiger partial charge in [0.05, 0.1) is 13.0 Å². The molecule has 0 saturated carbocycles. The standard InChI is InChI=1S/C26H45N5O7/c1-8-9-10-18-12-20(32)27-13-21(33)31-22(15(4)5)25(36)30-19(11-14(2)3)24(35)28-16(6)23(34)29-17(7)26(37)38-18/h14-19,22H,8-13H2,1-7H3,(H,27,32)(H,28,35)(H,29,34)(H,30,36)(H,31,33)/t16-,17-,18?,19+,22?/m0/s1. The Morgan fingerprint density at radius 1 is 0.816 bits per heavy atom. The van der Waals surface area contributed by atoms with Crippen LogP contribution in [0.1, 0.15) is 80.6 Å². The van der Waals surface area contributed by atoms with Crippen LogP contribution in [0.2, 0.25) is 0 Å². The molecule has 2 unspecified atom stereocenters. The molecule has 12 heteroatoms. The fraction of sp³-hybridized carbons (Fsp3) is 0.769. The molecule has 1 aliphatic rings. The van der Waals surface area contributed by atoms with Gasteiger partial charge in [0, 0.05) is 0 Å². The molecular weight excluding hydrogens is 494 g/mol. The van der Waals surface area contributed by atoms with E-state index in [9.17, 15) is 28.8 Å². The van der Waals surface area contributed by atoms with Crippen molar-refractivity contribution in [3.63, 3.8) is 0 Å². The fourth-order valence-electron chi connectivity index (χ4n) is 3.86. The van der Waals surface area contributed by atoms with Crippen LogP contribution in [0.4, 0.5) is 0 Å². The van der Waals surface area contributed by atoms with Gasteiger partial charge in [0.2, 0.25) is 29.5 Å². The lowest BCUT2D eigenvalue weighted by Crippen LogP contribution is -2.58. The van der Waals surface area contributed by atoms with Crippen LogP contribution in [0, 0.1) is 11.8 Å². The van der Waals surface area contributed by atoms with Gasteiger partial charge in [0.1, 0.15) is 30.3 Å². The molecule has 0 radical (unpaired) electrons. The van der Waals surface area contributed by atoms with Gasteiger partial charge in [0.25, 0.3) is 0 Å². The van der Waals surface area contributed by atoms with Crippen molar-refractivity contribution in [2.45, 2.75) is 111 Å². The van der Waals surface area contributed by atoms with Crippen molar-refractivity contribution >= 4 is 35.5 Å². The molecule has 0 bridgehead atoms. The Morgan fingerprint density at radius 2 is 1.45 bits per heavy atom. The van der Waals surface area contributed by atoms with Crippen LogP contribution >= 0.6 is 0 Å². The van der Waals surface area contributed by atoms with Crippen molar-refractivity contribution < 1.29 is 33.5 Å². The van der Waals surface area contributed by atoms with Crippen molar-refractivity contribution in [3.05, 3.63) is 0 Å². The topological polar surface area (TPSA) is 172 Å². The highest BCUT2D eigenvalue weighted by Gasteiger charge is 2.31. The summed E-state index contributed by atoms with van der Waals surface area (Å²) in [5.41, 5.74) is 0. The minimum absolute atomic E-state index is 0.0366. The minimum atomic E-state index is -1.03. The van der Waals surface area contributed by atoms with Gasteiger partial charge in [-0.25, -0.2) is 4.79 Å². The van der Waals surface area contributed by atoms with E-state index in [0.29, 0.717) is 19.3 Å². The number of ether oxygens (including phenoxy) is 1. The molecule has 0 aromatic rings. The second-order valence-electron chi connectivity index (χ2n) is 10.6. The van der Waals surface area contributed by atoms with E-state index < -0.39 is 65.8 Å². The summed E-state index contributed by atoms with van der Waals surface area (Å²) in [6.07, 6.45) is 1.35. The highest BCUT2D eigenvalue weighted by molar-refractivity contribution is 5.95. The SMILES string of the molecule is CCCCC1CC(=O)NCC(=O)NC(C(C)C)C(=O)N[C@H](CC(C)C)C(=O)N[C@@H](C)C(=O)N[C@@H](C)C(=O)O1. The van der Waals surface area contributed by atoms with E-state index >= 15 is 0 Å². The van der Waals surface area contributed by atoms with Gasteiger partial charge in [-0.2, -0.15) is 0 Å². The van der Waals surface area contributed by atoms with Crippen LogP contribution < -0.4 is 26.6 Å². The molecule has 0 spiro atoms. The zero-order chi connectivity index (χ0) is 29.0. The maximum Gasteiger partial charge on any atom is 0.328 e. The monoisotopic (exact) mass is 539 g/mol. The van der Waals surface area contributed by atoms with Gasteiger partial charge in [-0.1, -0.05) is 47.5 Å². The van der Waals surface area contributed by atoms with Gasteiger partial charge in [0.15, 0.2) is 0 Å². The maximum absolute atomic E-state index is 13.1. The summed E-state index contributed by atoms with van der Waals surface area (Å²) < 4.78 is 5.50. The number of carbonyl (C=O) groups is 6. The second-order valence-corrected chi connectivity index (χ2v) is 10.6. The quantitative estimate of drug-likeness (QED) is 0.302. The maximum atomic E-state index is 13.1. The van der Waals surface area contributed by atoms with Crippen molar-refractivity contribution in [2.24, 2.45) is 11.8 Å². The third kappa shape index (κ3) is 11.5. The number of carbonyl (C=O) groups excluding carboxylic acids is 6. The van der Waals surface area contributed by atoms with Gasteiger partial charge in [-0.15, -0.1) is 0 Å². The van der Waals surface area contributed by atoms with Crippen LogP contribution in [-0.2, 0) is 33.5 Å². The lowest BCUT2D eigenvalue weighted by molar-refractivity contribution is -0.154. The summed E-state index contributed by atoms with van der Waals surface area (Å²) >= 11 is 0. The van der Waals surface area contributed by atoms with E-state index in [1.807, 2.05) is 20.8 Å². The first-order valence-electron chi connectivity index (χ1n) is 13.4. The molecule has 216 valence electrons. The molecule has 1 saturated heterocycles. The number of hydrogen-bond acceptors (Lipinski definition) is 7. The van der Waals surface area contributed by atoms with E-state index in [1.165, 1.54) is 13.8 Å². The molecule has 1 heterocycles. The third-order valence-electron chi connectivity index (χ3n) is 6.09. The average Bonchev–Trinajstić information content (AvgIpc) is 2.82. The summed E-state index contributed by atoms with van der Waals surface area (Å²) in [6, 6.07) is -3.95. The number of hydrogen-bond donors (Lipinski definition) is 5. The smallest absolute Gasteiger partial charge is 0.328 e. The third-order valence-corrected chi connectivity index (χ3v) is 6.09. The average molecular weight is 540 g/mol. The van der Waals surface area contributed by atoms with Gasteiger partial charge < -0.3 is 31.3 Å². The Balaban J connectivity index is 3.24. The van der Waals surface area contributed by atoms with E-state index in [0.717, 1.165) is 6.42 Å². The minimum Gasteiger partial charge on any atom is -0.460 e. The lowest BCUT2D eigenvalue weighted by atomic mass is 9.99. The molecule has 5 N–H and O–H groups in total. The van der Waals surface area contributed by atoms with Gasteiger partial charge in [-0.3, -0.25) is 24.0 Å².